The number of guanidine groups is 1. The summed E-state index contributed by atoms with van der Waals surface area (Å²) >= 11 is 0. The Bertz CT molecular complexity index is 950. The molecule has 1 aliphatic heterocycles. The summed E-state index contributed by atoms with van der Waals surface area (Å²) in [7, 11) is 3.55. The quantitative estimate of drug-likeness (QED) is 0.536. The van der Waals surface area contributed by atoms with E-state index in [9.17, 15) is 0 Å². The van der Waals surface area contributed by atoms with Gasteiger partial charge in [-0.15, -0.1) is 0 Å². The first-order valence-electron chi connectivity index (χ1n) is 9.95. The van der Waals surface area contributed by atoms with Gasteiger partial charge in [-0.25, -0.2) is 4.68 Å². The lowest BCUT2D eigenvalue weighted by Crippen LogP contribution is -2.39. The molecule has 1 N–H and O–H groups in total. The smallest absolute Gasteiger partial charge is 0.193 e. The first-order valence-corrected chi connectivity index (χ1v) is 9.95. The maximum absolute atomic E-state index is 5.27. The molecule has 1 unspecified atom stereocenters. The van der Waals surface area contributed by atoms with E-state index in [0.29, 0.717) is 5.92 Å². The van der Waals surface area contributed by atoms with E-state index in [1.807, 2.05) is 36.1 Å². The summed E-state index contributed by atoms with van der Waals surface area (Å²) in [6.07, 6.45) is 4.87. The summed E-state index contributed by atoms with van der Waals surface area (Å²) in [5, 5.41) is 7.82. The molecule has 0 radical (unpaired) electrons. The number of rotatable bonds is 5. The molecule has 0 saturated carbocycles. The molecule has 1 fully saturated rings. The summed E-state index contributed by atoms with van der Waals surface area (Å²) in [5.41, 5.74) is 3.62. The highest BCUT2D eigenvalue weighted by atomic mass is 16.5. The van der Waals surface area contributed by atoms with Crippen LogP contribution in [-0.2, 0) is 6.54 Å². The molecule has 0 spiro atoms. The fraction of sp³-hybridized carbons (Fsp3) is 0.304. The number of likely N-dealkylation sites (tertiary alicyclic amines) is 1. The third-order valence-electron chi connectivity index (χ3n) is 5.42. The molecule has 3 aromatic rings. The van der Waals surface area contributed by atoms with E-state index in [1.165, 1.54) is 11.1 Å². The van der Waals surface area contributed by atoms with Gasteiger partial charge in [0, 0.05) is 45.0 Å². The van der Waals surface area contributed by atoms with Crippen molar-refractivity contribution in [2.75, 3.05) is 27.2 Å². The number of nitrogens with one attached hydrogen (secondary N) is 1. The number of aliphatic imine (C=N–C) groups is 1. The summed E-state index contributed by atoms with van der Waals surface area (Å²) in [4.78, 5) is 6.85. The maximum Gasteiger partial charge on any atom is 0.193 e. The van der Waals surface area contributed by atoms with Gasteiger partial charge in [0.2, 0.25) is 0 Å². The van der Waals surface area contributed by atoms with Crippen molar-refractivity contribution >= 4 is 5.96 Å². The van der Waals surface area contributed by atoms with Crippen molar-refractivity contribution < 1.29 is 4.74 Å². The molecular weight excluding hydrogens is 362 g/mol. The Labute approximate surface area is 171 Å². The second kappa shape index (κ2) is 8.82. The fourth-order valence-electron chi connectivity index (χ4n) is 3.84. The molecule has 150 valence electrons. The van der Waals surface area contributed by atoms with Crippen LogP contribution in [0.15, 0.2) is 72.0 Å². The monoisotopic (exact) mass is 389 g/mol. The van der Waals surface area contributed by atoms with Crippen molar-refractivity contribution in [3.05, 3.63) is 78.1 Å². The van der Waals surface area contributed by atoms with E-state index < -0.39 is 0 Å². The van der Waals surface area contributed by atoms with Gasteiger partial charge in [0.25, 0.3) is 0 Å². The van der Waals surface area contributed by atoms with Gasteiger partial charge in [0.05, 0.1) is 12.8 Å². The second-order valence-corrected chi connectivity index (χ2v) is 7.23. The standard InChI is InChI=1S/C23H27N5O/c1-24-23(25-16-18-5-3-6-21(15-18)28-13-4-12-26-28)27-14-11-20(17-27)19-7-9-22(29-2)10-8-19/h3-10,12-13,15,20H,11,14,16-17H2,1-2H3,(H,24,25). The predicted octanol–water partition coefficient (Wildman–Crippen LogP) is 3.45. The molecule has 1 saturated heterocycles. The Morgan fingerprint density at radius 3 is 2.79 bits per heavy atom. The van der Waals surface area contributed by atoms with Gasteiger partial charge in [-0.05, 0) is 47.9 Å². The Morgan fingerprint density at radius 2 is 2.07 bits per heavy atom. The van der Waals surface area contributed by atoms with Crippen LogP contribution >= 0.6 is 0 Å². The topological polar surface area (TPSA) is 54.7 Å². The highest BCUT2D eigenvalue weighted by molar-refractivity contribution is 5.80. The lowest BCUT2D eigenvalue weighted by Gasteiger charge is -2.22. The molecular formula is C23H27N5O. The van der Waals surface area contributed by atoms with E-state index in [-0.39, 0.29) is 0 Å². The fourth-order valence-corrected chi connectivity index (χ4v) is 3.84. The Balaban J connectivity index is 1.37. The van der Waals surface area contributed by atoms with Gasteiger partial charge < -0.3 is 15.0 Å². The molecule has 6 heteroatoms. The summed E-state index contributed by atoms with van der Waals surface area (Å²) in [6, 6.07) is 18.7. The van der Waals surface area contributed by atoms with Crippen LogP contribution in [0.3, 0.4) is 0 Å². The third kappa shape index (κ3) is 4.42. The number of benzene rings is 2. The summed E-state index contributed by atoms with van der Waals surface area (Å²) in [5.74, 6) is 2.37. The molecule has 0 aliphatic carbocycles. The van der Waals surface area contributed by atoms with Gasteiger partial charge in [-0.1, -0.05) is 24.3 Å². The Morgan fingerprint density at radius 1 is 1.21 bits per heavy atom. The third-order valence-corrected chi connectivity index (χ3v) is 5.42. The minimum Gasteiger partial charge on any atom is -0.497 e. The second-order valence-electron chi connectivity index (χ2n) is 7.23. The van der Waals surface area contributed by atoms with Gasteiger partial charge >= 0.3 is 0 Å². The van der Waals surface area contributed by atoms with Gasteiger partial charge in [-0.2, -0.15) is 5.10 Å². The number of nitrogens with zero attached hydrogens (tertiary/aromatic N) is 4. The normalized spacial score (nSPS) is 16.8. The van der Waals surface area contributed by atoms with Crippen molar-refractivity contribution in [2.24, 2.45) is 4.99 Å². The number of ether oxygens (including phenoxy) is 1. The van der Waals surface area contributed by atoms with Crippen LogP contribution in [0.2, 0.25) is 0 Å². The first-order chi connectivity index (χ1) is 14.3. The van der Waals surface area contributed by atoms with Crippen LogP contribution in [0.5, 0.6) is 5.75 Å². The van der Waals surface area contributed by atoms with Crippen molar-refractivity contribution in [3.63, 3.8) is 0 Å². The zero-order valence-corrected chi connectivity index (χ0v) is 17.0. The van der Waals surface area contributed by atoms with Crippen molar-refractivity contribution in [1.29, 1.82) is 0 Å². The van der Waals surface area contributed by atoms with Crippen LogP contribution < -0.4 is 10.1 Å². The molecule has 29 heavy (non-hydrogen) atoms. The molecule has 0 amide bonds. The van der Waals surface area contributed by atoms with E-state index in [1.54, 1.807) is 13.3 Å². The van der Waals surface area contributed by atoms with E-state index in [0.717, 1.165) is 43.5 Å². The van der Waals surface area contributed by atoms with Crippen molar-refractivity contribution in [3.8, 4) is 11.4 Å². The zero-order valence-electron chi connectivity index (χ0n) is 17.0. The SMILES string of the molecule is CN=C(NCc1cccc(-n2cccn2)c1)N1CCC(c2ccc(OC)cc2)C1. The van der Waals surface area contributed by atoms with E-state index in [2.05, 4.69) is 56.7 Å². The Kier molecular flexibility index (Phi) is 5.79. The van der Waals surface area contributed by atoms with Gasteiger partial charge in [-0.3, -0.25) is 4.99 Å². The van der Waals surface area contributed by atoms with Crippen molar-refractivity contribution in [1.82, 2.24) is 20.0 Å². The van der Waals surface area contributed by atoms with E-state index in [4.69, 9.17) is 4.74 Å². The number of hydrogen-bond acceptors (Lipinski definition) is 3. The number of aromatic nitrogens is 2. The molecule has 6 nitrogen and oxygen atoms in total. The highest BCUT2D eigenvalue weighted by Crippen LogP contribution is 2.28. The number of hydrogen-bond donors (Lipinski definition) is 1. The summed E-state index contributed by atoms with van der Waals surface area (Å²) in [6.45, 7) is 2.70. The van der Waals surface area contributed by atoms with Gasteiger partial charge in [0.1, 0.15) is 5.75 Å². The Hall–Kier alpha value is -3.28. The average Bonchev–Trinajstić information content (AvgIpc) is 3.47. The minimum atomic E-state index is 0.516. The maximum atomic E-state index is 5.27. The first kappa shape index (κ1) is 19.1. The molecule has 1 atom stereocenters. The van der Waals surface area contributed by atoms with Crippen LogP contribution in [0.25, 0.3) is 5.69 Å². The average molecular weight is 390 g/mol. The molecule has 0 bridgehead atoms. The van der Waals surface area contributed by atoms with Crippen LogP contribution in [-0.4, -0.2) is 47.9 Å². The highest BCUT2D eigenvalue weighted by Gasteiger charge is 2.26. The van der Waals surface area contributed by atoms with Crippen molar-refractivity contribution in [2.45, 2.75) is 18.9 Å². The lowest BCUT2D eigenvalue weighted by atomic mass is 9.98. The van der Waals surface area contributed by atoms with Crippen LogP contribution in [0, 0.1) is 0 Å². The molecule has 2 aromatic carbocycles. The molecule has 1 aliphatic rings. The predicted molar refractivity (Wildman–Crippen MR) is 116 cm³/mol. The van der Waals surface area contributed by atoms with Crippen LogP contribution in [0.1, 0.15) is 23.5 Å². The molecule has 1 aromatic heterocycles. The van der Waals surface area contributed by atoms with Crippen LogP contribution in [0.4, 0.5) is 0 Å². The number of methoxy groups -OCH3 is 1. The zero-order chi connectivity index (χ0) is 20.1. The molecule has 4 rings (SSSR count). The van der Waals surface area contributed by atoms with E-state index >= 15 is 0 Å². The molecule has 2 heterocycles. The largest absolute Gasteiger partial charge is 0.497 e. The lowest BCUT2D eigenvalue weighted by molar-refractivity contribution is 0.414. The summed E-state index contributed by atoms with van der Waals surface area (Å²) < 4.78 is 7.14. The van der Waals surface area contributed by atoms with Gasteiger partial charge in [0.15, 0.2) is 5.96 Å². The minimum absolute atomic E-state index is 0.516.